The molecule has 0 aliphatic heterocycles. The molecule has 1 aromatic carbocycles. The third-order valence-corrected chi connectivity index (χ3v) is 6.61. The lowest BCUT2D eigenvalue weighted by molar-refractivity contribution is 0.0599. The van der Waals surface area contributed by atoms with Gasteiger partial charge >= 0.3 is 5.97 Å². The Labute approximate surface area is 151 Å². The molecular weight excluding hydrogens is 366 g/mol. The van der Waals surface area contributed by atoms with E-state index in [-0.39, 0.29) is 21.2 Å². The number of methoxy groups -OCH3 is 1. The van der Waals surface area contributed by atoms with E-state index in [1.165, 1.54) is 32.2 Å². The number of carbonyl (C=O) groups excluding carboxylic acids is 2. The van der Waals surface area contributed by atoms with Gasteiger partial charge < -0.3 is 9.72 Å². The van der Waals surface area contributed by atoms with Crippen LogP contribution in [0, 0.1) is 13.8 Å². The van der Waals surface area contributed by atoms with Crippen LogP contribution in [0.5, 0.6) is 0 Å². The van der Waals surface area contributed by atoms with Crippen molar-refractivity contribution in [3.63, 3.8) is 0 Å². The van der Waals surface area contributed by atoms with Crippen LogP contribution in [0.2, 0.25) is 5.02 Å². The van der Waals surface area contributed by atoms with Crippen molar-refractivity contribution in [3.8, 4) is 0 Å². The molecule has 1 unspecified atom stereocenters. The highest BCUT2D eigenvalue weighted by Gasteiger charge is 2.34. The first kappa shape index (κ1) is 19.2. The summed E-state index contributed by atoms with van der Waals surface area (Å²) >= 11 is 5.97. The van der Waals surface area contributed by atoms with Crippen molar-refractivity contribution in [1.29, 1.82) is 0 Å². The van der Waals surface area contributed by atoms with Crippen LogP contribution in [0.15, 0.2) is 29.2 Å². The molecule has 0 saturated heterocycles. The predicted octanol–water partition coefficient (Wildman–Crippen LogP) is 3.12. The maximum absolute atomic E-state index is 12.8. The molecule has 0 bridgehead atoms. The van der Waals surface area contributed by atoms with Crippen LogP contribution in [0.3, 0.4) is 0 Å². The van der Waals surface area contributed by atoms with E-state index < -0.39 is 26.8 Å². The molecule has 6 nitrogen and oxygen atoms in total. The van der Waals surface area contributed by atoms with E-state index >= 15 is 0 Å². The van der Waals surface area contributed by atoms with Gasteiger partial charge in [-0.25, -0.2) is 13.2 Å². The molecule has 0 saturated carbocycles. The van der Waals surface area contributed by atoms with Gasteiger partial charge in [-0.2, -0.15) is 0 Å². The minimum Gasteiger partial charge on any atom is -0.465 e. The summed E-state index contributed by atoms with van der Waals surface area (Å²) in [5.74, 6) is -1.23. The molecule has 1 heterocycles. The first-order chi connectivity index (χ1) is 11.6. The molecule has 0 amide bonds. The van der Waals surface area contributed by atoms with Crippen molar-refractivity contribution in [1.82, 2.24) is 4.98 Å². The number of carbonyl (C=O) groups is 2. The number of H-pyrrole nitrogens is 1. The lowest BCUT2D eigenvalue weighted by Gasteiger charge is -2.13. The Morgan fingerprint density at radius 2 is 1.80 bits per heavy atom. The van der Waals surface area contributed by atoms with Crippen LogP contribution >= 0.6 is 11.6 Å². The van der Waals surface area contributed by atoms with Gasteiger partial charge in [0.15, 0.2) is 15.6 Å². The third kappa shape index (κ3) is 3.34. The zero-order valence-electron chi connectivity index (χ0n) is 14.2. The summed E-state index contributed by atoms with van der Waals surface area (Å²) in [6, 6.07) is 5.95. The summed E-state index contributed by atoms with van der Waals surface area (Å²) in [6.45, 7) is 4.48. The van der Waals surface area contributed by atoms with Crippen molar-refractivity contribution in [2.45, 2.75) is 30.9 Å². The smallest absolute Gasteiger partial charge is 0.339 e. The summed E-state index contributed by atoms with van der Waals surface area (Å²) in [5.41, 5.74) is 1.10. The molecule has 1 aromatic heterocycles. The normalized spacial score (nSPS) is 12.7. The van der Waals surface area contributed by atoms with Gasteiger partial charge in [0.25, 0.3) is 0 Å². The maximum atomic E-state index is 12.8. The lowest BCUT2D eigenvalue weighted by atomic mass is 10.1. The van der Waals surface area contributed by atoms with Crippen molar-refractivity contribution in [2.24, 2.45) is 0 Å². The lowest BCUT2D eigenvalue weighted by Crippen LogP contribution is -2.28. The highest BCUT2D eigenvalue weighted by Crippen LogP contribution is 2.27. The molecule has 25 heavy (non-hydrogen) atoms. The van der Waals surface area contributed by atoms with E-state index in [1.807, 2.05) is 0 Å². The Morgan fingerprint density at radius 3 is 2.36 bits per heavy atom. The highest BCUT2D eigenvalue weighted by atomic mass is 35.5. The van der Waals surface area contributed by atoms with E-state index in [4.69, 9.17) is 16.3 Å². The highest BCUT2D eigenvalue weighted by molar-refractivity contribution is 7.93. The zero-order valence-corrected chi connectivity index (χ0v) is 15.8. The van der Waals surface area contributed by atoms with Crippen LogP contribution in [0.4, 0.5) is 0 Å². The fourth-order valence-electron chi connectivity index (χ4n) is 2.61. The molecule has 0 aliphatic rings. The van der Waals surface area contributed by atoms with Gasteiger partial charge in [0.1, 0.15) is 5.25 Å². The molecule has 1 N–H and O–H groups in total. The first-order valence-corrected chi connectivity index (χ1v) is 9.35. The number of hydrogen-bond donors (Lipinski definition) is 1. The number of ether oxygens (including phenoxy) is 1. The van der Waals surface area contributed by atoms with Gasteiger partial charge in [0.2, 0.25) is 0 Å². The van der Waals surface area contributed by atoms with Crippen LogP contribution in [0.1, 0.15) is 39.0 Å². The SMILES string of the molecule is COC(=O)c1c(C)[nH]c(C(=O)C(C)S(=O)(=O)c2ccccc2Cl)c1C. The number of nitrogens with one attached hydrogen (secondary N) is 1. The number of rotatable bonds is 5. The quantitative estimate of drug-likeness (QED) is 0.632. The van der Waals surface area contributed by atoms with Gasteiger partial charge in [-0.1, -0.05) is 23.7 Å². The number of esters is 1. The Bertz CT molecular complexity index is 946. The monoisotopic (exact) mass is 383 g/mol. The zero-order chi connectivity index (χ0) is 18.9. The molecular formula is C17H18ClNO5S. The molecule has 8 heteroatoms. The first-order valence-electron chi connectivity index (χ1n) is 7.43. The fraction of sp³-hybridized carbons (Fsp3) is 0.294. The number of aromatic amines is 1. The molecule has 2 aromatic rings. The van der Waals surface area contributed by atoms with Crippen LogP contribution in [-0.4, -0.2) is 37.5 Å². The van der Waals surface area contributed by atoms with Gasteiger partial charge in [-0.15, -0.1) is 0 Å². The number of aryl methyl sites for hydroxylation is 1. The van der Waals surface area contributed by atoms with Crippen LogP contribution in [-0.2, 0) is 14.6 Å². The fourth-order valence-corrected chi connectivity index (χ4v) is 4.46. The molecule has 134 valence electrons. The van der Waals surface area contributed by atoms with E-state index in [0.717, 1.165) is 0 Å². The predicted molar refractivity (Wildman–Crippen MR) is 94.0 cm³/mol. The van der Waals surface area contributed by atoms with E-state index in [1.54, 1.807) is 19.9 Å². The Morgan fingerprint density at radius 1 is 1.20 bits per heavy atom. The minimum absolute atomic E-state index is 0.0526. The van der Waals surface area contributed by atoms with Gasteiger partial charge in [-0.05, 0) is 38.5 Å². The number of ketones is 1. The van der Waals surface area contributed by atoms with Gasteiger partial charge in [-0.3, -0.25) is 4.79 Å². The average Bonchev–Trinajstić information content (AvgIpc) is 2.87. The molecule has 0 aliphatic carbocycles. The summed E-state index contributed by atoms with van der Waals surface area (Å²) in [7, 11) is -2.74. The minimum atomic E-state index is -3.98. The number of hydrogen-bond acceptors (Lipinski definition) is 5. The summed E-state index contributed by atoms with van der Waals surface area (Å²) in [6.07, 6.45) is 0. The summed E-state index contributed by atoms with van der Waals surface area (Å²) < 4.78 is 30.2. The molecule has 2 rings (SSSR count). The van der Waals surface area contributed by atoms with Crippen LogP contribution in [0.25, 0.3) is 0 Å². The van der Waals surface area contributed by atoms with Crippen LogP contribution < -0.4 is 0 Å². The molecule has 1 atom stereocenters. The number of aromatic nitrogens is 1. The topological polar surface area (TPSA) is 93.3 Å². The van der Waals surface area contributed by atoms with Crippen molar-refractivity contribution < 1.29 is 22.7 Å². The number of benzene rings is 1. The second-order valence-corrected chi connectivity index (χ2v) is 8.24. The second-order valence-electron chi connectivity index (χ2n) is 5.60. The summed E-state index contributed by atoms with van der Waals surface area (Å²) in [4.78, 5) is 27.3. The standard InChI is InChI=1S/C17H18ClNO5S/c1-9-14(17(21)24-4)10(2)19-15(9)16(20)11(3)25(22,23)13-8-6-5-7-12(13)18/h5-8,11,19H,1-4H3. The number of halogens is 1. The largest absolute Gasteiger partial charge is 0.465 e. The maximum Gasteiger partial charge on any atom is 0.339 e. The summed E-state index contributed by atoms with van der Waals surface area (Å²) in [5, 5.41) is -1.31. The number of Topliss-reactive ketones (excluding diaryl/α,β-unsaturated/α-hetero) is 1. The van der Waals surface area contributed by atoms with E-state index in [9.17, 15) is 18.0 Å². The van der Waals surface area contributed by atoms with Crippen molar-refractivity contribution in [3.05, 3.63) is 51.8 Å². The molecule has 0 radical (unpaired) electrons. The van der Waals surface area contributed by atoms with Crippen molar-refractivity contribution in [2.75, 3.05) is 7.11 Å². The van der Waals surface area contributed by atoms with Gasteiger partial charge in [0.05, 0.1) is 28.3 Å². The van der Waals surface area contributed by atoms with E-state index in [2.05, 4.69) is 4.98 Å². The van der Waals surface area contributed by atoms with Gasteiger partial charge in [0, 0.05) is 5.69 Å². The Hall–Kier alpha value is -2.12. The number of sulfone groups is 1. The Balaban J connectivity index is 2.48. The second kappa shape index (κ2) is 7.01. The van der Waals surface area contributed by atoms with E-state index in [0.29, 0.717) is 11.3 Å². The third-order valence-electron chi connectivity index (χ3n) is 4.05. The van der Waals surface area contributed by atoms with Crippen molar-refractivity contribution >= 4 is 33.2 Å². The Kier molecular flexibility index (Phi) is 5.39. The molecule has 0 fully saturated rings. The average molecular weight is 384 g/mol. The molecule has 0 spiro atoms.